The first-order chi connectivity index (χ1) is 6.00. The molecular weight excluding hydrogens is 168 g/mol. The summed E-state index contributed by atoms with van der Waals surface area (Å²) >= 11 is 0. The van der Waals surface area contributed by atoms with E-state index in [9.17, 15) is 4.79 Å². The molecule has 0 aromatic carbocycles. The monoisotopic (exact) mass is 188 g/mol. The number of carboxylic acid groups (broad SMARTS) is 1. The molecule has 0 spiro atoms. The minimum Gasteiger partial charge on any atom is -0.479 e. The van der Waals surface area contributed by atoms with Crippen molar-refractivity contribution in [1.29, 1.82) is 0 Å². The van der Waals surface area contributed by atoms with Gasteiger partial charge in [-0.25, -0.2) is 4.79 Å². The van der Waals surface area contributed by atoms with Crippen LogP contribution in [0.1, 0.15) is 47.0 Å². The quantitative estimate of drug-likeness (QED) is 0.696. The van der Waals surface area contributed by atoms with E-state index in [1.807, 2.05) is 20.8 Å². The molecule has 3 heteroatoms. The summed E-state index contributed by atoms with van der Waals surface area (Å²) in [6.07, 6.45) is 2.28. The van der Waals surface area contributed by atoms with Crippen LogP contribution in [-0.2, 0) is 9.53 Å². The summed E-state index contributed by atoms with van der Waals surface area (Å²) in [6.45, 7) is 7.47. The summed E-state index contributed by atoms with van der Waals surface area (Å²) in [6, 6.07) is 0. The Morgan fingerprint density at radius 2 is 1.85 bits per heavy atom. The van der Waals surface area contributed by atoms with Gasteiger partial charge in [0, 0.05) is 0 Å². The Hall–Kier alpha value is -0.570. The lowest BCUT2D eigenvalue weighted by Gasteiger charge is -2.28. The molecule has 1 N–H and O–H groups in total. The maximum atomic E-state index is 10.9. The van der Waals surface area contributed by atoms with Gasteiger partial charge in [-0.3, -0.25) is 0 Å². The zero-order valence-electron chi connectivity index (χ0n) is 8.96. The number of carboxylic acids is 1. The summed E-state index contributed by atoms with van der Waals surface area (Å²) in [5.74, 6) is -0.873. The van der Waals surface area contributed by atoms with Crippen molar-refractivity contribution in [2.24, 2.45) is 0 Å². The molecule has 13 heavy (non-hydrogen) atoms. The van der Waals surface area contributed by atoms with Crippen LogP contribution in [0.15, 0.2) is 0 Å². The third-order valence-corrected chi connectivity index (χ3v) is 2.46. The maximum Gasteiger partial charge on any atom is 0.335 e. The van der Waals surface area contributed by atoms with Crippen LogP contribution in [-0.4, -0.2) is 22.8 Å². The van der Waals surface area contributed by atoms with Gasteiger partial charge in [0.25, 0.3) is 0 Å². The fourth-order valence-corrected chi connectivity index (χ4v) is 1.11. The first-order valence-corrected chi connectivity index (χ1v) is 4.91. The molecule has 0 saturated heterocycles. The zero-order valence-corrected chi connectivity index (χ0v) is 8.96. The maximum absolute atomic E-state index is 10.9. The average molecular weight is 188 g/mol. The summed E-state index contributed by atoms with van der Waals surface area (Å²) in [4.78, 5) is 10.9. The normalized spacial score (nSPS) is 15.8. The van der Waals surface area contributed by atoms with Crippen molar-refractivity contribution < 1.29 is 14.6 Å². The van der Waals surface area contributed by atoms with E-state index in [1.54, 1.807) is 6.92 Å². The minimum atomic E-state index is -1.02. The Morgan fingerprint density at radius 1 is 1.38 bits per heavy atom. The lowest BCUT2D eigenvalue weighted by atomic mass is 10.0. The van der Waals surface area contributed by atoms with Crippen LogP contribution in [0.2, 0.25) is 0 Å². The van der Waals surface area contributed by atoms with Gasteiger partial charge in [-0.2, -0.15) is 0 Å². The molecule has 0 saturated carbocycles. The number of aliphatic carboxylic acids is 1. The Bertz CT molecular complexity index is 164. The SMILES string of the molecule is CCC(CC)OC(C)(CC)C(=O)O. The van der Waals surface area contributed by atoms with Crippen LogP contribution in [0.4, 0.5) is 0 Å². The van der Waals surface area contributed by atoms with Gasteiger partial charge in [0.05, 0.1) is 6.10 Å². The summed E-state index contributed by atoms with van der Waals surface area (Å²) in [5, 5.41) is 8.95. The van der Waals surface area contributed by atoms with E-state index in [4.69, 9.17) is 9.84 Å². The van der Waals surface area contributed by atoms with Gasteiger partial charge in [-0.1, -0.05) is 20.8 Å². The lowest BCUT2D eigenvalue weighted by molar-refractivity contribution is -0.172. The van der Waals surface area contributed by atoms with Crippen molar-refractivity contribution in [2.75, 3.05) is 0 Å². The van der Waals surface area contributed by atoms with E-state index in [2.05, 4.69) is 0 Å². The van der Waals surface area contributed by atoms with Crippen molar-refractivity contribution in [1.82, 2.24) is 0 Å². The molecule has 0 aromatic rings. The molecule has 0 aliphatic rings. The Labute approximate surface area is 80.1 Å². The van der Waals surface area contributed by atoms with Crippen LogP contribution < -0.4 is 0 Å². The minimum absolute atomic E-state index is 0.0565. The molecule has 1 atom stereocenters. The highest BCUT2D eigenvalue weighted by atomic mass is 16.5. The highest BCUT2D eigenvalue weighted by molar-refractivity contribution is 5.76. The van der Waals surface area contributed by atoms with Gasteiger partial charge in [0.1, 0.15) is 0 Å². The molecule has 0 amide bonds. The van der Waals surface area contributed by atoms with Crippen LogP contribution in [0.5, 0.6) is 0 Å². The number of rotatable bonds is 6. The second kappa shape index (κ2) is 5.22. The average Bonchev–Trinajstić information content (AvgIpc) is 2.13. The van der Waals surface area contributed by atoms with E-state index in [0.29, 0.717) is 6.42 Å². The molecular formula is C10H20O3. The topological polar surface area (TPSA) is 46.5 Å². The van der Waals surface area contributed by atoms with Gasteiger partial charge < -0.3 is 9.84 Å². The molecule has 1 unspecified atom stereocenters. The smallest absolute Gasteiger partial charge is 0.335 e. The number of carbonyl (C=O) groups is 1. The second-order valence-electron chi connectivity index (χ2n) is 3.45. The molecule has 3 nitrogen and oxygen atoms in total. The summed E-state index contributed by atoms with van der Waals surface area (Å²) in [7, 11) is 0. The number of hydrogen-bond acceptors (Lipinski definition) is 2. The van der Waals surface area contributed by atoms with Gasteiger partial charge in [0.2, 0.25) is 0 Å². The summed E-state index contributed by atoms with van der Waals surface area (Å²) < 4.78 is 5.55. The van der Waals surface area contributed by atoms with Crippen LogP contribution >= 0.6 is 0 Å². The molecule has 0 radical (unpaired) electrons. The van der Waals surface area contributed by atoms with E-state index in [0.717, 1.165) is 12.8 Å². The predicted octanol–water partition coefficient (Wildman–Crippen LogP) is 2.44. The van der Waals surface area contributed by atoms with Crippen LogP contribution in [0.25, 0.3) is 0 Å². The highest BCUT2D eigenvalue weighted by Gasteiger charge is 2.33. The van der Waals surface area contributed by atoms with E-state index in [-0.39, 0.29) is 6.10 Å². The Balaban J connectivity index is 4.33. The van der Waals surface area contributed by atoms with Crippen LogP contribution in [0, 0.1) is 0 Å². The van der Waals surface area contributed by atoms with E-state index < -0.39 is 11.6 Å². The first-order valence-electron chi connectivity index (χ1n) is 4.91. The highest BCUT2D eigenvalue weighted by Crippen LogP contribution is 2.20. The fourth-order valence-electron chi connectivity index (χ4n) is 1.11. The molecule has 0 rings (SSSR count). The third kappa shape index (κ3) is 3.35. The standard InChI is InChI=1S/C10H20O3/c1-5-8(6-2)13-10(4,7-3)9(11)12/h8H,5-7H2,1-4H3,(H,11,12). The second-order valence-corrected chi connectivity index (χ2v) is 3.45. The van der Waals surface area contributed by atoms with E-state index in [1.165, 1.54) is 0 Å². The van der Waals surface area contributed by atoms with Crippen molar-refractivity contribution in [3.8, 4) is 0 Å². The zero-order chi connectivity index (χ0) is 10.5. The van der Waals surface area contributed by atoms with Crippen molar-refractivity contribution in [2.45, 2.75) is 58.7 Å². The van der Waals surface area contributed by atoms with Crippen molar-refractivity contribution >= 4 is 5.97 Å². The third-order valence-electron chi connectivity index (χ3n) is 2.46. The molecule has 0 aliphatic heterocycles. The molecule has 0 bridgehead atoms. The Morgan fingerprint density at radius 3 is 2.08 bits per heavy atom. The van der Waals surface area contributed by atoms with E-state index >= 15 is 0 Å². The van der Waals surface area contributed by atoms with Gasteiger partial charge in [-0.05, 0) is 26.2 Å². The number of hydrogen-bond donors (Lipinski definition) is 1. The van der Waals surface area contributed by atoms with Crippen LogP contribution in [0.3, 0.4) is 0 Å². The molecule has 0 aliphatic carbocycles. The lowest BCUT2D eigenvalue weighted by Crippen LogP contribution is -2.40. The predicted molar refractivity (Wildman–Crippen MR) is 51.8 cm³/mol. The fraction of sp³-hybridized carbons (Fsp3) is 0.900. The molecule has 0 heterocycles. The Kier molecular flexibility index (Phi) is 4.99. The molecule has 0 aromatic heterocycles. The molecule has 0 fully saturated rings. The van der Waals surface area contributed by atoms with Gasteiger partial charge in [-0.15, -0.1) is 0 Å². The molecule has 78 valence electrons. The van der Waals surface area contributed by atoms with Crippen molar-refractivity contribution in [3.05, 3.63) is 0 Å². The summed E-state index contributed by atoms with van der Waals surface area (Å²) in [5.41, 5.74) is -1.02. The van der Waals surface area contributed by atoms with Gasteiger partial charge in [0.15, 0.2) is 5.60 Å². The first kappa shape index (κ1) is 12.4. The number of ether oxygens (including phenoxy) is 1. The largest absolute Gasteiger partial charge is 0.479 e. The van der Waals surface area contributed by atoms with Gasteiger partial charge >= 0.3 is 5.97 Å². The van der Waals surface area contributed by atoms with Crippen molar-refractivity contribution in [3.63, 3.8) is 0 Å².